The molecule has 0 aromatic carbocycles. The third kappa shape index (κ3) is 41.1. The van der Waals surface area contributed by atoms with Gasteiger partial charge in [0.05, 0.1) is 6.61 Å². The second-order valence-corrected chi connectivity index (χ2v) is 21.6. The second kappa shape index (κ2) is 50.3. The third-order valence-electron chi connectivity index (χ3n) is 14.7. The summed E-state index contributed by atoms with van der Waals surface area (Å²) in [5.41, 5.74) is 0. The Morgan fingerprint density at radius 3 is 0.746 bits per heavy atom. The van der Waals surface area contributed by atoms with Crippen LogP contribution in [0, 0.1) is 0 Å². The van der Waals surface area contributed by atoms with Gasteiger partial charge in [-0.25, -0.2) is 0 Å². The Morgan fingerprint density at radius 1 is 0.296 bits per heavy atom. The topological polar surface area (TPSA) is 148 Å². The number of carbonyl (C=O) groups excluding carboxylic acids is 3. The quantitative estimate of drug-likeness (QED) is 0.0437. The summed E-state index contributed by atoms with van der Waals surface area (Å²) in [6.45, 7) is 9.35. The maximum Gasteiger partial charge on any atom is 0.252 e. The van der Waals surface area contributed by atoms with Crippen molar-refractivity contribution in [3.8, 4) is 0 Å². The first-order valence-corrected chi connectivity index (χ1v) is 30.3. The predicted molar refractivity (Wildman–Crippen MR) is 299 cm³/mol. The van der Waals surface area contributed by atoms with Crippen LogP contribution < -0.4 is 0 Å². The lowest BCUT2D eigenvalue weighted by Crippen LogP contribution is -2.49. The molecule has 0 aliphatic rings. The van der Waals surface area contributed by atoms with E-state index in [1.165, 1.54) is 173 Å². The molecule has 4 N–H and O–H groups in total. The summed E-state index contributed by atoms with van der Waals surface area (Å²) in [6, 6.07) is 0. The summed E-state index contributed by atoms with van der Waals surface area (Å²) in [5, 5.41) is 43.4. The Morgan fingerprint density at radius 2 is 0.507 bits per heavy atom. The molecular formula is C59H119N5O7. The monoisotopic (exact) mass is 1010 g/mol. The minimum Gasteiger partial charge on any atom is -0.395 e. The van der Waals surface area contributed by atoms with Crippen LogP contribution in [0.1, 0.15) is 258 Å². The van der Waals surface area contributed by atoms with E-state index in [0.29, 0.717) is 39.1 Å². The number of rotatable bonds is 54. The van der Waals surface area contributed by atoms with E-state index < -0.39 is 18.3 Å². The maximum atomic E-state index is 13.4. The highest BCUT2D eigenvalue weighted by Crippen LogP contribution is 2.16. The van der Waals surface area contributed by atoms with Gasteiger partial charge in [-0.3, -0.25) is 24.2 Å². The number of nitrogens with zero attached hydrogens (tertiary/aromatic N) is 5. The zero-order valence-electron chi connectivity index (χ0n) is 47.7. The number of aliphatic hydroxyl groups is 4. The normalized spacial score (nSPS) is 13.0. The number of amides is 3. The van der Waals surface area contributed by atoms with Crippen molar-refractivity contribution in [2.75, 3.05) is 86.7 Å². The third-order valence-corrected chi connectivity index (χ3v) is 14.7. The molecule has 12 nitrogen and oxygen atoms in total. The maximum absolute atomic E-state index is 13.4. The fourth-order valence-electron chi connectivity index (χ4n) is 9.84. The SMILES string of the molecule is CCCCCCCCCCCCCCN(C)C(=O)C(O)CN(CCO)CCCN(CC(O)C(=O)N(C)CCCCCCCCCCCCCC)CC(O)C(=O)N(C)CCCCCCCCCCCCCC. The average molecular weight is 1010 g/mol. The number of unbranched alkanes of at least 4 members (excludes halogenated alkanes) is 33. The zero-order chi connectivity index (χ0) is 52.6. The van der Waals surface area contributed by atoms with Gasteiger partial charge in [0, 0.05) is 67.0 Å². The molecule has 0 aromatic rings. The molecule has 3 atom stereocenters. The van der Waals surface area contributed by atoms with E-state index in [9.17, 15) is 34.8 Å². The van der Waals surface area contributed by atoms with Crippen molar-refractivity contribution in [3.63, 3.8) is 0 Å². The molecule has 0 aromatic heterocycles. The smallest absolute Gasteiger partial charge is 0.252 e. The summed E-state index contributed by atoms with van der Waals surface area (Å²) in [7, 11) is 5.20. The summed E-state index contributed by atoms with van der Waals surface area (Å²) < 4.78 is 0. The van der Waals surface area contributed by atoms with Crippen LogP contribution in [0.25, 0.3) is 0 Å². The number of aliphatic hydroxyl groups excluding tert-OH is 4. The Labute approximate surface area is 438 Å². The number of likely N-dealkylation sites (N-methyl/N-ethyl adjacent to an activating group) is 3. The molecular weight excluding hydrogens is 891 g/mol. The van der Waals surface area contributed by atoms with Gasteiger partial charge in [0.1, 0.15) is 18.3 Å². The van der Waals surface area contributed by atoms with Crippen molar-refractivity contribution < 1.29 is 34.8 Å². The highest BCUT2D eigenvalue weighted by atomic mass is 16.3. The number of hydrogen-bond donors (Lipinski definition) is 4. The fourth-order valence-corrected chi connectivity index (χ4v) is 9.84. The Kier molecular flexibility index (Phi) is 49.0. The lowest BCUT2D eigenvalue weighted by atomic mass is 10.1. The van der Waals surface area contributed by atoms with E-state index in [4.69, 9.17) is 0 Å². The number of carbonyl (C=O) groups is 3. The van der Waals surface area contributed by atoms with Gasteiger partial charge in [0.2, 0.25) is 0 Å². The molecule has 0 bridgehead atoms. The summed E-state index contributed by atoms with van der Waals surface area (Å²) in [6.07, 6.45) is 41.1. The van der Waals surface area contributed by atoms with Crippen LogP contribution in [0.3, 0.4) is 0 Å². The Balaban J connectivity index is 5.17. The van der Waals surface area contributed by atoms with Gasteiger partial charge in [0.15, 0.2) is 0 Å². The predicted octanol–water partition coefficient (Wildman–Crippen LogP) is 11.5. The first-order chi connectivity index (χ1) is 34.4. The van der Waals surface area contributed by atoms with E-state index in [-0.39, 0.29) is 50.5 Å². The van der Waals surface area contributed by atoms with Crippen LogP contribution in [0.4, 0.5) is 0 Å². The van der Waals surface area contributed by atoms with Gasteiger partial charge in [-0.05, 0) is 38.8 Å². The molecule has 422 valence electrons. The fraction of sp³-hybridized carbons (Fsp3) is 0.949. The van der Waals surface area contributed by atoms with Gasteiger partial charge >= 0.3 is 0 Å². The van der Waals surface area contributed by atoms with Gasteiger partial charge in [-0.2, -0.15) is 0 Å². The van der Waals surface area contributed by atoms with Crippen LogP contribution in [0.2, 0.25) is 0 Å². The molecule has 0 saturated carbocycles. The van der Waals surface area contributed by atoms with E-state index in [2.05, 4.69) is 20.8 Å². The molecule has 71 heavy (non-hydrogen) atoms. The van der Waals surface area contributed by atoms with Crippen LogP contribution >= 0.6 is 0 Å². The van der Waals surface area contributed by atoms with Crippen molar-refractivity contribution in [1.29, 1.82) is 0 Å². The van der Waals surface area contributed by atoms with E-state index in [1.807, 2.05) is 4.90 Å². The molecule has 0 saturated heterocycles. The van der Waals surface area contributed by atoms with E-state index in [1.54, 1.807) is 40.7 Å². The summed E-state index contributed by atoms with van der Waals surface area (Å²) in [4.78, 5) is 48.5. The lowest BCUT2D eigenvalue weighted by Gasteiger charge is -2.31. The summed E-state index contributed by atoms with van der Waals surface area (Å²) >= 11 is 0. The second-order valence-electron chi connectivity index (χ2n) is 21.6. The van der Waals surface area contributed by atoms with Crippen molar-refractivity contribution in [1.82, 2.24) is 24.5 Å². The van der Waals surface area contributed by atoms with Crippen LogP contribution in [-0.4, -0.2) is 168 Å². The number of hydrogen-bond acceptors (Lipinski definition) is 9. The van der Waals surface area contributed by atoms with Crippen LogP contribution in [-0.2, 0) is 14.4 Å². The largest absolute Gasteiger partial charge is 0.395 e. The van der Waals surface area contributed by atoms with Crippen molar-refractivity contribution in [2.45, 2.75) is 277 Å². The molecule has 3 unspecified atom stereocenters. The van der Waals surface area contributed by atoms with Crippen molar-refractivity contribution in [3.05, 3.63) is 0 Å². The van der Waals surface area contributed by atoms with Crippen molar-refractivity contribution in [2.24, 2.45) is 0 Å². The minimum atomic E-state index is -1.33. The zero-order valence-corrected chi connectivity index (χ0v) is 47.7. The van der Waals surface area contributed by atoms with Crippen LogP contribution in [0.15, 0.2) is 0 Å². The first kappa shape index (κ1) is 69.2. The molecule has 0 fully saturated rings. The van der Waals surface area contributed by atoms with Gasteiger partial charge < -0.3 is 35.1 Å². The van der Waals surface area contributed by atoms with Gasteiger partial charge in [-0.1, -0.05) is 233 Å². The van der Waals surface area contributed by atoms with Crippen LogP contribution in [0.5, 0.6) is 0 Å². The average Bonchev–Trinajstić information content (AvgIpc) is 3.36. The van der Waals surface area contributed by atoms with E-state index >= 15 is 0 Å². The highest BCUT2D eigenvalue weighted by Gasteiger charge is 2.28. The van der Waals surface area contributed by atoms with E-state index in [0.717, 1.165) is 57.8 Å². The van der Waals surface area contributed by atoms with Gasteiger partial charge in [0.25, 0.3) is 17.7 Å². The highest BCUT2D eigenvalue weighted by molar-refractivity contribution is 5.81. The standard InChI is InChI=1S/C59H119N5O7/c1-7-10-13-16-19-22-25-28-31-34-37-40-44-60(4)57(69)54(66)51-63(49-50-65)47-43-48-64(52-55(67)58(70)61(5)45-41-38-35-32-29-26-23-20-17-14-11-8-2)53-56(68)59(71)62(6)46-42-39-36-33-30-27-24-21-18-15-12-9-3/h54-56,65-68H,7-53H2,1-6H3. The molecule has 0 spiro atoms. The van der Waals surface area contributed by atoms with Gasteiger partial charge in [-0.15, -0.1) is 0 Å². The Hall–Kier alpha value is -1.83. The molecule has 0 aliphatic heterocycles. The minimum absolute atomic E-state index is 0.0422. The molecule has 0 aliphatic carbocycles. The molecule has 0 heterocycles. The molecule has 12 heteroatoms. The lowest BCUT2D eigenvalue weighted by molar-refractivity contribution is -0.142. The first-order valence-electron chi connectivity index (χ1n) is 30.3. The van der Waals surface area contributed by atoms with Crippen molar-refractivity contribution >= 4 is 17.7 Å². The molecule has 3 amide bonds. The Bertz CT molecular complexity index is 1140. The summed E-state index contributed by atoms with van der Waals surface area (Å²) in [5.74, 6) is -1.08. The molecule has 0 rings (SSSR count). The molecule has 0 radical (unpaired) electrons.